The highest BCUT2D eigenvalue weighted by Crippen LogP contribution is 2.02. The van der Waals surface area contributed by atoms with Crippen molar-refractivity contribution in [2.45, 2.75) is 39.5 Å². The van der Waals surface area contributed by atoms with Crippen molar-refractivity contribution < 1.29 is 8.78 Å². The average molecular weight is 306 g/mol. The Morgan fingerprint density at radius 2 is 2.10 bits per heavy atom. The van der Waals surface area contributed by atoms with Crippen molar-refractivity contribution in [2.24, 2.45) is 0 Å². The quantitative estimate of drug-likeness (QED) is 0.852. The average Bonchev–Trinajstić information content (AvgIpc) is 2.98. The van der Waals surface area contributed by atoms with Crippen LogP contribution in [0.2, 0.25) is 0 Å². The van der Waals surface area contributed by atoms with Crippen LogP contribution in [0.1, 0.15) is 18.3 Å². The maximum absolute atomic E-state index is 12.2. The smallest absolute Gasteiger partial charge is 0.257 e. The highest BCUT2D eigenvalue weighted by Gasteiger charge is 2.06. The molecule has 0 unspecified atom stereocenters. The third-order valence-electron chi connectivity index (χ3n) is 2.74. The summed E-state index contributed by atoms with van der Waals surface area (Å²) < 4.78 is 27.5. The summed E-state index contributed by atoms with van der Waals surface area (Å²) in [4.78, 5) is 0. The molecule has 0 aliphatic carbocycles. The zero-order valence-corrected chi connectivity index (χ0v) is 12.0. The van der Waals surface area contributed by atoms with Crippen LogP contribution in [-0.2, 0) is 26.2 Å². The molecular weight excluding hydrogens is 288 g/mol. The molecule has 2 aromatic heterocycles. The third-order valence-corrected chi connectivity index (χ3v) is 2.74. The van der Waals surface area contributed by atoms with Gasteiger partial charge in [-0.15, -0.1) is 12.4 Å². The van der Waals surface area contributed by atoms with E-state index in [4.69, 9.17) is 0 Å². The zero-order valence-electron chi connectivity index (χ0n) is 11.2. The molecule has 0 aliphatic heterocycles. The summed E-state index contributed by atoms with van der Waals surface area (Å²) in [6.45, 7) is 3.72. The van der Waals surface area contributed by atoms with Gasteiger partial charge in [0.05, 0.1) is 11.4 Å². The van der Waals surface area contributed by atoms with Crippen LogP contribution >= 0.6 is 12.4 Å². The molecule has 8 heteroatoms. The third kappa shape index (κ3) is 4.57. The lowest BCUT2D eigenvalue weighted by atomic mass is 10.4. The van der Waals surface area contributed by atoms with Gasteiger partial charge in [0.15, 0.2) is 0 Å². The lowest BCUT2D eigenvalue weighted by Gasteiger charge is -2.05. The Hall–Kier alpha value is -1.47. The molecule has 0 saturated carbocycles. The largest absolute Gasteiger partial charge is 0.305 e. The second-order valence-corrected chi connectivity index (χ2v) is 4.16. The number of aromatic nitrogens is 4. The van der Waals surface area contributed by atoms with Gasteiger partial charge in [0.25, 0.3) is 6.43 Å². The van der Waals surface area contributed by atoms with Crippen molar-refractivity contribution in [3.8, 4) is 0 Å². The van der Waals surface area contributed by atoms with E-state index in [-0.39, 0.29) is 19.0 Å². The molecule has 2 aromatic rings. The molecule has 2 rings (SSSR count). The van der Waals surface area contributed by atoms with Crippen LogP contribution in [-0.4, -0.2) is 26.0 Å². The summed E-state index contributed by atoms with van der Waals surface area (Å²) in [5, 5.41) is 11.5. The van der Waals surface area contributed by atoms with Crippen LogP contribution in [0.25, 0.3) is 0 Å². The van der Waals surface area contributed by atoms with Gasteiger partial charge in [0.1, 0.15) is 6.54 Å². The highest BCUT2D eigenvalue weighted by molar-refractivity contribution is 5.85. The van der Waals surface area contributed by atoms with Crippen LogP contribution in [0.5, 0.6) is 0 Å². The normalized spacial score (nSPS) is 10.8. The van der Waals surface area contributed by atoms with E-state index < -0.39 is 6.43 Å². The molecule has 1 N–H and O–H groups in total. The van der Waals surface area contributed by atoms with Crippen molar-refractivity contribution in [1.29, 1.82) is 0 Å². The lowest BCUT2D eigenvalue weighted by molar-refractivity contribution is 0.121. The van der Waals surface area contributed by atoms with E-state index in [2.05, 4.69) is 15.5 Å². The molecule has 5 nitrogen and oxygen atoms in total. The first-order valence-corrected chi connectivity index (χ1v) is 6.21. The highest BCUT2D eigenvalue weighted by atomic mass is 35.5. The molecule has 20 heavy (non-hydrogen) atoms. The van der Waals surface area contributed by atoms with Gasteiger partial charge in [0.2, 0.25) is 0 Å². The molecule has 0 atom stereocenters. The van der Waals surface area contributed by atoms with E-state index >= 15 is 0 Å². The second kappa shape index (κ2) is 7.96. The minimum absolute atomic E-state index is 0. The Morgan fingerprint density at radius 1 is 1.30 bits per heavy atom. The molecule has 0 saturated heterocycles. The van der Waals surface area contributed by atoms with Crippen molar-refractivity contribution in [3.05, 3.63) is 35.9 Å². The second-order valence-electron chi connectivity index (χ2n) is 4.16. The van der Waals surface area contributed by atoms with Crippen LogP contribution in [0, 0.1) is 0 Å². The van der Waals surface area contributed by atoms with Crippen LogP contribution in [0.3, 0.4) is 0 Å². The Labute approximate surface area is 122 Å². The van der Waals surface area contributed by atoms with Crippen molar-refractivity contribution >= 4 is 12.4 Å². The maximum Gasteiger partial charge on any atom is 0.257 e. The van der Waals surface area contributed by atoms with Gasteiger partial charge in [-0.05, 0) is 19.1 Å². The number of nitrogens with zero attached hydrogens (tertiary/aromatic N) is 4. The topological polar surface area (TPSA) is 47.7 Å². The molecule has 0 aromatic carbocycles. The number of aryl methyl sites for hydroxylation is 1. The zero-order chi connectivity index (χ0) is 13.7. The molecule has 0 radical (unpaired) electrons. The van der Waals surface area contributed by atoms with E-state index in [0.717, 1.165) is 17.9 Å². The van der Waals surface area contributed by atoms with E-state index in [1.54, 1.807) is 18.5 Å². The summed E-state index contributed by atoms with van der Waals surface area (Å²) in [5.74, 6) is 0. The van der Waals surface area contributed by atoms with Crippen molar-refractivity contribution in [3.63, 3.8) is 0 Å². The minimum atomic E-state index is -2.38. The molecule has 0 spiro atoms. The van der Waals surface area contributed by atoms with Crippen molar-refractivity contribution in [2.75, 3.05) is 0 Å². The van der Waals surface area contributed by atoms with Crippen LogP contribution < -0.4 is 5.32 Å². The summed E-state index contributed by atoms with van der Waals surface area (Å²) in [5.41, 5.74) is 1.85. The van der Waals surface area contributed by atoms with E-state index in [0.29, 0.717) is 13.1 Å². The standard InChI is InChI=1S/C12H17F2N5.ClH/c1-2-19-11(3-5-16-19)8-15-7-10-4-6-18(17-10)9-12(13)14;/h3-6,12,15H,2,7-9H2,1H3;1H. The molecule has 0 fully saturated rings. The van der Waals surface area contributed by atoms with Gasteiger partial charge in [-0.25, -0.2) is 8.78 Å². The van der Waals surface area contributed by atoms with Crippen LogP contribution in [0.15, 0.2) is 24.5 Å². The van der Waals surface area contributed by atoms with E-state index in [1.807, 2.05) is 17.7 Å². The summed E-state index contributed by atoms with van der Waals surface area (Å²) in [6.07, 6.45) is 0.955. The number of rotatable bonds is 7. The van der Waals surface area contributed by atoms with Crippen LogP contribution in [0.4, 0.5) is 8.78 Å². The number of hydrogen-bond donors (Lipinski definition) is 1. The van der Waals surface area contributed by atoms with Gasteiger partial charge >= 0.3 is 0 Å². The number of hydrogen-bond acceptors (Lipinski definition) is 3. The number of halogens is 3. The van der Waals surface area contributed by atoms with Crippen molar-refractivity contribution in [1.82, 2.24) is 24.9 Å². The Morgan fingerprint density at radius 3 is 2.80 bits per heavy atom. The fraction of sp³-hybridized carbons (Fsp3) is 0.500. The lowest BCUT2D eigenvalue weighted by Crippen LogP contribution is -2.17. The van der Waals surface area contributed by atoms with E-state index in [9.17, 15) is 8.78 Å². The van der Waals surface area contributed by atoms with Gasteiger partial charge in [0, 0.05) is 32.0 Å². The fourth-order valence-corrected chi connectivity index (χ4v) is 1.85. The van der Waals surface area contributed by atoms with Gasteiger partial charge in [-0.2, -0.15) is 10.2 Å². The van der Waals surface area contributed by atoms with Gasteiger partial charge in [-0.1, -0.05) is 0 Å². The molecule has 0 amide bonds. The predicted molar refractivity (Wildman–Crippen MR) is 73.9 cm³/mol. The first-order chi connectivity index (χ1) is 9.19. The van der Waals surface area contributed by atoms with Gasteiger partial charge < -0.3 is 5.32 Å². The fourth-order valence-electron chi connectivity index (χ4n) is 1.85. The Bertz CT molecular complexity index is 511. The minimum Gasteiger partial charge on any atom is -0.305 e. The summed E-state index contributed by atoms with van der Waals surface area (Å²) in [6, 6.07) is 3.69. The molecule has 0 bridgehead atoms. The molecule has 2 heterocycles. The monoisotopic (exact) mass is 305 g/mol. The van der Waals surface area contributed by atoms with Gasteiger partial charge in [-0.3, -0.25) is 9.36 Å². The maximum atomic E-state index is 12.2. The molecule has 0 aliphatic rings. The van der Waals surface area contributed by atoms with E-state index in [1.165, 1.54) is 4.68 Å². The predicted octanol–water partition coefficient (Wildman–Crippen LogP) is 2.08. The Kier molecular flexibility index (Phi) is 6.60. The summed E-state index contributed by atoms with van der Waals surface area (Å²) >= 11 is 0. The Balaban J connectivity index is 0.00000200. The first-order valence-electron chi connectivity index (χ1n) is 6.21. The SMILES string of the molecule is CCn1nccc1CNCc1ccn(CC(F)F)n1.Cl. The number of nitrogens with one attached hydrogen (secondary N) is 1. The summed E-state index contributed by atoms with van der Waals surface area (Å²) in [7, 11) is 0. The number of alkyl halides is 2. The molecule has 112 valence electrons. The molecular formula is C12H18ClF2N5. The first kappa shape index (κ1) is 16.6.